The SMILES string of the molecule is CN1CCN(C(=O)OCc2ccccc2)C(C(O)C(Cc2ccccc2)N(Cc2ccccc2)Cc2ccccc2)C1=O. The van der Waals surface area contributed by atoms with E-state index >= 15 is 0 Å². The minimum Gasteiger partial charge on any atom is -0.445 e. The fourth-order valence-electron chi connectivity index (χ4n) is 5.66. The quantitative estimate of drug-likeness (QED) is 0.267. The third kappa shape index (κ3) is 7.89. The Balaban J connectivity index is 1.48. The molecular weight excluding hydrogens is 538 g/mol. The van der Waals surface area contributed by atoms with Gasteiger partial charge in [-0.2, -0.15) is 0 Å². The molecule has 2 amide bonds. The van der Waals surface area contributed by atoms with Gasteiger partial charge in [0.15, 0.2) is 0 Å². The molecule has 3 atom stereocenters. The van der Waals surface area contributed by atoms with Gasteiger partial charge in [0.25, 0.3) is 0 Å². The maximum atomic E-state index is 13.7. The summed E-state index contributed by atoms with van der Waals surface area (Å²) in [4.78, 5) is 32.5. The zero-order valence-corrected chi connectivity index (χ0v) is 24.5. The molecule has 0 aromatic heterocycles. The van der Waals surface area contributed by atoms with Crippen LogP contribution < -0.4 is 0 Å². The Morgan fingerprint density at radius 1 is 0.767 bits per heavy atom. The number of carbonyl (C=O) groups excluding carboxylic acids is 2. The van der Waals surface area contributed by atoms with Gasteiger partial charge >= 0.3 is 6.09 Å². The Hall–Kier alpha value is -4.46. The summed E-state index contributed by atoms with van der Waals surface area (Å²) in [6, 6.07) is 38.1. The fraction of sp³-hybridized carbons (Fsp3) is 0.278. The van der Waals surface area contributed by atoms with Crippen LogP contribution in [0.5, 0.6) is 0 Å². The number of carbonyl (C=O) groups is 2. The third-order valence-electron chi connectivity index (χ3n) is 8.01. The highest BCUT2D eigenvalue weighted by Gasteiger charge is 2.45. The first-order chi connectivity index (χ1) is 21.0. The summed E-state index contributed by atoms with van der Waals surface area (Å²) < 4.78 is 5.67. The molecule has 43 heavy (non-hydrogen) atoms. The second kappa shape index (κ2) is 14.6. The molecule has 0 aliphatic carbocycles. The van der Waals surface area contributed by atoms with E-state index in [1.54, 1.807) is 11.9 Å². The molecule has 4 aromatic carbocycles. The lowest BCUT2D eigenvalue weighted by atomic mass is 9.91. The number of rotatable bonds is 11. The van der Waals surface area contributed by atoms with Crippen LogP contribution in [0.3, 0.4) is 0 Å². The second-order valence-corrected chi connectivity index (χ2v) is 11.1. The maximum Gasteiger partial charge on any atom is 0.410 e. The minimum atomic E-state index is -1.19. The molecule has 5 rings (SSSR count). The Labute approximate surface area is 253 Å². The zero-order chi connectivity index (χ0) is 30.0. The van der Waals surface area contributed by atoms with Crippen molar-refractivity contribution in [1.82, 2.24) is 14.7 Å². The van der Waals surface area contributed by atoms with E-state index in [1.165, 1.54) is 4.90 Å². The van der Waals surface area contributed by atoms with E-state index in [9.17, 15) is 14.7 Å². The van der Waals surface area contributed by atoms with E-state index in [2.05, 4.69) is 29.2 Å². The summed E-state index contributed by atoms with van der Waals surface area (Å²) in [5.41, 5.74) is 4.07. The van der Waals surface area contributed by atoms with Crippen LogP contribution in [-0.4, -0.2) is 70.1 Å². The highest BCUT2D eigenvalue weighted by Crippen LogP contribution is 2.26. The number of likely N-dealkylation sites (N-methyl/N-ethyl adjacent to an activating group) is 1. The van der Waals surface area contributed by atoms with Crippen LogP contribution in [-0.2, 0) is 35.6 Å². The number of aliphatic hydroxyl groups is 1. The van der Waals surface area contributed by atoms with E-state index in [4.69, 9.17) is 4.74 Å². The lowest BCUT2D eigenvalue weighted by Gasteiger charge is -2.44. The first kappa shape index (κ1) is 30.0. The number of hydrogen-bond donors (Lipinski definition) is 1. The van der Waals surface area contributed by atoms with Crippen LogP contribution in [0.4, 0.5) is 4.79 Å². The highest BCUT2D eigenvalue weighted by molar-refractivity contribution is 5.87. The molecule has 1 saturated heterocycles. The molecule has 1 aliphatic heterocycles. The lowest BCUT2D eigenvalue weighted by molar-refractivity contribution is -0.147. The average Bonchev–Trinajstić information content (AvgIpc) is 3.05. The molecule has 1 N–H and O–H groups in total. The third-order valence-corrected chi connectivity index (χ3v) is 8.01. The van der Waals surface area contributed by atoms with Crippen molar-refractivity contribution >= 4 is 12.0 Å². The summed E-state index contributed by atoms with van der Waals surface area (Å²) in [5, 5.41) is 12.3. The van der Waals surface area contributed by atoms with Crippen molar-refractivity contribution in [2.75, 3.05) is 20.1 Å². The Morgan fingerprint density at radius 3 is 1.74 bits per heavy atom. The van der Waals surface area contributed by atoms with Crippen LogP contribution in [0.15, 0.2) is 121 Å². The predicted octanol–water partition coefficient (Wildman–Crippen LogP) is 5.14. The van der Waals surface area contributed by atoms with Crippen LogP contribution in [0, 0.1) is 0 Å². The average molecular weight is 578 g/mol. The van der Waals surface area contributed by atoms with Gasteiger partial charge in [0.2, 0.25) is 5.91 Å². The van der Waals surface area contributed by atoms with E-state index in [-0.39, 0.29) is 19.1 Å². The van der Waals surface area contributed by atoms with Crippen molar-refractivity contribution in [3.63, 3.8) is 0 Å². The standard InChI is InChI=1S/C36H39N3O4/c1-37-22-23-39(36(42)43-27-31-20-12-5-13-21-31)33(35(37)41)34(40)32(24-28-14-6-2-7-15-28)38(25-29-16-8-3-9-17-29)26-30-18-10-4-11-19-30/h2-21,32-34,40H,22-27H2,1H3. The van der Waals surface area contributed by atoms with Gasteiger partial charge in [-0.3, -0.25) is 14.6 Å². The minimum absolute atomic E-state index is 0.0879. The fourth-order valence-corrected chi connectivity index (χ4v) is 5.66. The van der Waals surface area contributed by atoms with Gasteiger partial charge in [-0.15, -0.1) is 0 Å². The number of benzene rings is 4. The first-order valence-electron chi connectivity index (χ1n) is 14.8. The molecule has 0 bridgehead atoms. The van der Waals surface area contributed by atoms with Crippen molar-refractivity contribution in [1.29, 1.82) is 0 Å². The number of amides is 2. The molecule has 1 fully saturated rings. The van der Waals surface area contributed by atoms with Crippen molar-refractivity contribution < 1.29 is 19.4 Å². The number of ether oxygens (including phenoxy) is 1. The normalized spacial score (nSPS) is 16.6. The van der Waals surface area contributed by atoms with Crippen LogP contribution >= 0.6 is 0 Å². The van der Waals surface area contributed by atoms with E-state index < -0.39 is 24.3 Å². The van der Waals surface area contributed by atoms with Crippen molar-refractivity contribution in [3.05, 3.63) is 144 Å². The van der Waals surface area contributed by atoms with Crippen molar-refractivity contribution in [2.45, 2.75) is 44.3 Å². The van der Waals surface area contributed by atoms with E-state index in [1.807, 2.05) is 97.1 Å². The van der Waals surface area contributed by atoms with Gasteiger partial charge in [0.1, 0.15) is 12.6 Å². The van der Waals surface area contributed by atoms with E-state index in [0.29, 0.717) is 26.1 Å². The van der Waals surface area contributed by atoms with Gasteiger partial charge in [0.05, 0.1) is 6.10 Å². The molecule has 0 radical (unpaired) electrons. The molecule has 222 valence electrons. The summed E-state index contributed by atoms with van der Waals surface area (Å²) in [6.07, 6.45) is -1.31. The summed E-state index contributed by atoms with van der Waals surface area (Å²) in [5.74, 6) is -0.298. The largest absolute Gasteiger partial charge is 0.445 e. The summed E-state index contributed by atoms with van der Waals surface area (Å²) >= 11 is 0. The highest BCUT2D eigenvalue weighted by atomic mass is 16.6. The van der Waals surface area contributed by atoms with Gasteiger partial charge < -0.3 is 14.7 Å². The van der Waals surface area contributed by atoms with Crippen LogP contribution in [0.1, 0.15) is 22.3 Å². The molecule has 7 heteroatoms. The molecule has 3 unspecified atom stereocenters. The number of nitrogens with zero attached hydrogens (tertiary/aromatic N) is 3. The molecule has 7 nitrogen and oxygen atoms in total. The Morgan fingerprint density at radius 2 is 1.23 bits per heavy atom. The molecule has 0 saturated carbocycles. The first-order valence-corrected chi connectivity index (χ1v) is 14.8. The van der Waals surface area contributed by atoms with Crippen LogP contribution in [0.25, 0.3) is 0 Å². The predicted molar refractivity (Wildman–Crippen MR) is 167 cm³/mol. The van der Waals surface area contributed by atoms with Crippen molar-refractivity contribution in [2.24, 2.45) is 0 Å². The number of hydrogen-bond acceptors (Lipinski definition) is 5. The Kier molecular flexibility index (Phi) is 10.2. The smallest absolute Gasteiger partial charge is 0.410 e. The van der Waals surface area contributed by atoms with Gasteiger partial charge in [-0.05, 0) is 28.7 Å². The van der Waals surface area contributed by atoms with Crippen LogP contribution in [0.2, 0.25) is 0 Å². The van der Waals surface area contributed by atoms with Gasteiger partial charge in [-0.25, -0.2) is 4.79 Å². The maximum absolute atomic E-state index is 13.7. The summed E-state index contributed by atoms with van der Waals surface area (Å²) in [6.45, 7) is 1.83. The van der Waals surface area contributed by atoms with E-state index in [0.717, 1.165) is 22.3 Å². The molecular formula is C36H39N3O4. The van der Waals surface area contributed by atoms with Gasteiger partial charge in [-0.1, -0.05) is 121 Å². The van der Waals surface area contributed by atoms with Crippen molar-refractivity contribution in [3.8, 4) is 0 Å². The Bertz CT molecular complexity index is 1400. The molecule has 4 aromatic rings. The number of aliphatic hydroxyl groups excluding tert-OH is 1. The van der Waals surface area contributed by atoms with Gasteiger partial charge in [0, 0.05) is 39.3 Å². The molecule has 1 aliphatic rings. The second-order valence-electron chi connectivity index (χ2n) is 11.1. The zero-order valence-electron chi connectivity index (χ0n) is 24.5. The topological polar surface area (TPSA) is 73.3 Å². The monoisotopic (exact) mass is 577 g/mol. The lowest BCUT2D eigenvalue weighted by Crippen LogP contribution is -2.65. The molecule has 0 spiro atoms. The summed E-state index contributed by atoms with van der Waals surface area (Å²) in [7, 11) is 1.71. The molecule has 1 heterocycles. The number of piperazine rings is 1.